The summed E-state index contributed by atoms with van der Waals surface area (Å²) >= 11 is 0. The van der Waals surface area contributed by atoms with Gasteiger partial charge in [-0.3, -0.25) is 9.78 Å². The summed E-state index contributed by atoms with van der Waals surface area (Å²) in [5.74, 6) is 0.543. The Bertz CT molecular complexity index is 1040. The second kappa shape index (κ2) is 4.94. The first-order chi connectivity index (χ1) is 12.2. The van der Waals surface area contributed by atoms with Crippen LogP contribution in [0.4, 0.5) is 5.95 Å². The van der Waals surface area contributed by atoms with Crippen molar-refractivity contribution < 1.29 is 4.11 Å². The average Bonchev–Trinajstić information content (AvgIpc) is 3.26. The van der Waals surface area contributed by atoms with Crippen molar-refractivity contribution in [3.63, 3.8) is 0 Å². The van der Waals surface area contributed by atoms with Crippen molar-refractivity contribution in [1.29, 1.82) is 0 Å². The topological polar surface area (TPSA) is 75.6 Å². The van der Waals surface area contributed by atoms with Gasteiger partial charge in [0.1, 0.15) is 5.39 Å². The van der Waals surface area contributed by atoms with Crippen molar-refractivity contribution in [2.45, 2.75) is 32.6 Å². The van der Waals surface area contributed by atoms with E-state index in [9.17, 15) is 4.79 Å². The number of fused-ring (bicyclic) bond motifs is 1. The SMILES string of the molecule is [2H]C([2H])([2H])Nc1nc2nn(-c3c(C)cc(C4CC4)cc3C)cc2c(=O)[nH]1. The summed E-state index contributed by atoms with van der Waals surface area (Å²) in [6.07, 6.45) is 4.11. The normalized spacial score (nSPS) is 16.9. The van der Waals surface area contributed by atoms with Gasteiger partial charge in [-0.2, -0.15) is 4.98 Å². The van der Waals surface area contributed by atoms with Crippen molar-refractivity contribution in [2.75, 3.05) is 12.3 Å². The minimum atomic E-state index is -2.45. The van der Waals surface area contributed by atoms with E-state index in [1.165, 1.54) is 18.4 Å². The van der Waals surface area contributed by atoms with Gasteiger partial charge in [-0.1, -0.05) is 12.1 Å². The van der Waals surface area contributed by atoms with E-state index >= 15 is 0 Å². The van der Waals surface area contributed by atoms with Gasteiger partial charge in [0.05, 0.1) is 5.69 Å². The van der Waals surface area contributed by atoms with Crippen LogP contribution < -0.4 is 10.9 Å². The van der Waals surface area contributed by atoms with Gasteiger partial charge in [-0.05, 0) is 49.3 Å². The van der Waals surface area contributed by atoms with Gasteiger partial charge in [0.25, 0.3) is 5.56 Å². The lowest BCUT2D eigenvalue weighted by Gasteiger charge is -2.12. The van der Waals surface area contributed by atoms with Gasteiger partial charge in [0.15, 0.2) is 5.65 Å². The maximum Gasteiger partial charge on any atom is 0.263 e. The van der Waals surface area contributed by atoms with Crippen LogP contribution in [0.15, 0.2) is 23.1 Å². The van der Waals surface area contributed by atoms with Crippen molar-refractivity contribution in [1.82, 2.24) is 19.7 Å². The molecule has 0 atom stereocenters. The highest BCUT2D eigenvalue weighted by Gasteiger charge is 2.25. The lowest BCUT2D eigenvalue weighted by Crippen LogP contribution is -2.10. The predicted molar refractivity (Wildman–Crippen MR) is 90.5 cm³/mol. The van der Waals surface area contributed by atoms with E-state index in [0.717, 1.165) is 16.8 Å². The minimum Gasteiger partial charge on any atom is -0.359 e. The van der Waals surface area contributed by atoms with E-state index in [1.54, 1.807) is 10.9 Å². The largest absolute Gasteiger partial charge is 0.359 e. The molecule has 6 nitrogen and oxygen atoms in total. The smallest absolute Gasteiger partial charge is 0.263 e. The molecule has 0 spiro atoms. The Morgan fingerprint density at radius 1 is 1.35 bits per heavy atom. The predicted octanol–water partition coefficient (Wildman–Crippen LogP) is 2.64. The molecule has 0 radical (unpaired) electrons. The van der Waals surface area contributed by atoms with Crippen LogP contribution in [0, 0.1) is 13.8 Å². The molecule has 1 fully saturated rings. The van der Waals surface area contributed by atoms with Crippen LogP contribution in [0.1, 0.15) is 39.6 Å². The third kappa shape index (κ3) is 2.30. The molecule has 23 heavy (non-hydrogen) atoms. The summed E-state index contributed by atoms with van der Waals surface area (Å²) in [6.45, 7) is 1.61. The highest BCUT2D eigenvalue weighted by molar-refractivity contribution is 5.74. The molecule has 1 aliphatic carbocycles. The molecule has 0 aliphatic heterocycles. The minimum absolute atomic E-state index is 0.120. The Balaban J connectivity index is 1.81. The summed E-state index contributed by atoms with van der Waals surface area (Å²) in [5.41, 5.74) is 4.19. The van der Waals surface area contributed by atoms with Crippen molar-refractivity contribution in [3.8, 4) is 5.69 Å². The van der Waals surface area contributed by atoms with E-state index in [2.05, 4.69) is 32.5 Å². The van der Waals surface area contributed by atoms with Crippen LogP contribution in [-0.2, 0) is 0 Å². The third-order valence-electron chi connectivity index (χ3n) is 4.30. The van der Waals surface area contributed by atoms with Crippen LogP contribution in [0.2, 0.25) is 0 Å². The fraction of sp³-hybridized carbons (Fsp3) is 0.353. The number of aryl methyl sites for hydroxylation is 2. The molecular formula is C17H19N5O. The van der Waals surface area contributed by atoms with Gasteiger partial charge in [-0.25, -0.2) is 4.68 Å². The summed E-state index contributed by atoms with van der Waals surface area (Å²) < 4.78 is 23.4. The molecule has 1 aromatic carbocycles. The van der Waals surface area contributed by atoms with E-state index in [1.807, 2.05) is 13.8 Å². The molecule has 0 bridgehead atoms. The fourth-order valence-corrected chi connectivity index (χ4v) is 3.09. The van der Waals surface area contributed by atoms with E-state index < -0.39 is 12.5 Å². The molecule has 1 aliphatic rings. The third-order valence-corrected chi connectivity index (χ3v) is 4.30. The van der Waals surface area contributed by atoms with Crippen LogP contribution in [-0.4, -0.2) is 26.7 Å². The fourth-order valence-electron chi connectivity index (χ4n) is 3.09. The van der Waals surface area contributed by atoms with Crippen molar-refractivity contribution in [3.05, 3.63) is 45.4 Å². The molecule has 2 N–H and O–H groups in total. The monoisotopic (exact) mass is 312 g/mol. The van der Waals surface area contributed by atoms with Gasteiger partial charge in [0.2, 0.25) is 5.95 Å². The van der Waals surface area contributed by atoms with Gasteiger partial charge >= 0.3 is 0 Å². The maximum atomic E-state index is 12.3. The first kappa shape index (κ1) is 11.0. The van der Waals surface area contributed by atoms with E-state index in [-0.39, 0.29) is 11.6 Å². The molecule has 0 saturated heterocycles. The summed E-state index contributed by atoms with van der Waals surface area (Å²) in [4.78, 5) is 18.8. The Kier molecular flexibility index (Phi) is 2.36. The zero-order valence-electron chi connectivity index (χ0n) is 16.0. The number of hydrogen-bond acceptors (Lipinski definition) is 4. The molecule has 2 heterocycles. The zero-order chi connectivity index (χ0) is 18.6. The number of benzene rings is 1. The lowest BCUT2D eigenvalue weighted by molar-refractivity contribution is 0.870. The first-order valence-corrected chi connectivity index (χ1v) is 7.61. The Labute approximate surface area is 137 Å². The average molecular weight is 312 g/mol. The van der Waals surface area contributed by atoms with E-state index in [4.69, 9.17) is 4.11 Å². The van der Waals surface area contributed by atoms with Crippen LogP contribution in [0.3, 0.4) is 0 Å². The first-order valence-electron chi connectivity index (χ1n) is 9.11. The van der Waals surface area contributed by atoms with Gasteiger partial charge < -0.3 is 5.32 Å². The van der Waals surface area contributed by atoms with Gasteiger partial charge in [0, 0.05) is 17.3 Å². The highest BCUT2D eigenvalue weighted by atomic mass is 16.1. The number of nitrogens with zero attached hydrogens (tertiary/aromatic N) is 3. The number of nitrogens with one attached hydrogen (secondary N) is 2. The van der Waals surface area contributed by atoms with Crippen LogP contribution >= 0.6 is 0 Å². The van der Waals surface area contributed by atoms with Crippen LogP contribution in [0.25, 0.3) is 16.7 Å². The lowest BCUT2D eigenvalue weighted by atomic mass is 10.0. The second-order valence-electron chi connectivity index (χ2n) is 6.13. The maximum absolute atomic E-state index is 12.3. The summed E-state index contributed by atoms with van der Waals surface area (Å²) in [5, 5.41) is 6.92. The number of H-pyrrole nitrogens is 1. The highest BCUT2D eigenvalue weighted by Crippen LogP contribution is 2.41. The standard InChI is InChI=1S/C17H19N5O/c1-9-6-12(11-4-5-11)7-10(2)14(9)22-8-13-15(21-22)19-17(18-3)20-16(13)23/h6-8,11H,4-5H2,1-3H3,(H2,18,19,20,21,23)/i3D3. The molecule has 4 rings (SSSR count). The number of aromatic nitrogens is 4. The summed E-state index contributed by atoms with van der Waals surface area (Å²) in [6, 6.07) is 4.34. The van der Waals surface area contributed by atoms with Crippen molar-refractivity contribution in [2.24, 2.45) is 0 Å². The number of anilines is 1. The Morgan fingerprint density at radius 2 is 2.09 bits per heavy atom. The van der Waals surface area contributed by atoms with Crippen molar-refractivity contribution >= 4 is 17.0 Å². The molecule has 118 valence electrons. The quantitative estimate of drug-likeness (QED) is 0.779. The molecule has 6 heteroatoms. The number of hydrogen-bond donors (Lipinski definition) is 2. The summed E-state index contributed by atoms with van der Waals surface area (Å²) in [7, 11) is 0. The molecular weight excluding hydrogens is 290 g/mol. The Morgan fingerprint density at radius 3 is 2.74 bits per heavy atom. The molecule has 3 aromatic rings. The Hall–Kier alpha value is -2.63. The molecule has 2 aromatic heterocycles. The van der Waals surface area contributed by atoms with Gasteiger partial charge in [-0.15, -0.1) is 5.10 Å². The molecule has 0 unspecified atom stereocenters. The zero-order valence-corrected chi connectivity index (χ0v) is 13.0. The second-order valence-corrected chi connectivity index (χ2v) is 6.13. The molecule has 0 amide bonds. The molecule has 1 saturated carbocycles. The van der Waals surface area contributed by atoms with Crippen LogP contribution in [0.5, 0.6) is 0 Å². The number of aromatic amines is 1. The number of rotatable bonds is 3. The van der Waals surface area contributed by atoms with E-state index in [0.29, 0.717) is 11.3 Å².